The van der Waals surface area contributed by atoms with Crippen LogP contribution in [0.4, 0.5) is 11.6 Å². The van der Waals surface area contributed by atoms with Gasteiger partial charge >= 0.3 is 0 Å². The van der Waals surface area contributed by atoms with E-state index in [1.807, 2.05) is 17.6 Å². The predicted molar refractivity (Wildman–Crippen MR) is 79.6 cm³/mol. The third kappa shape index (κ3) is 4.17. The molecule has 0 spiro atoms. The van der Waals surface area contributed by atoms with E-state index in [-0.39, 0.29) is 0 Å². The Balaban J connectivity index is 2.05. The number of aromatic nitrogens is 3. The third-order valence-electron chi connectivity index (χ3n) is 2.55. The second-order valence-corrected chi connectivity index (χ2v) is 5.09. The van der Waals surface area contributed by atoms with Gasteiger partial charge in [0, 0.05) is 30.6 Å². The molecule has 2 heterocycles. The lowest BCUT2D eigenvalue weighted by atomic mass is 10.4. The van der Waals surface area contributed by atoms with Gasteiger partial charge in [-0.3, -0.25) is 0 Å². The Morgan fingerprint density at radius 2 is 1.95 bits per heavy atom. The molecule has 0 bridgehead atoms. The van der Waals surface area contributed by atoms with Crippen LogP contribution < -0.4 is 10.6 Å². The maximum Gasteiger partial charge on any atom is 0.132 e. The number of aryl methyl sites for hydroxylation is 1. The van der Waals surface area contributed by atoms with Gasteiger partial charge in [0.2, 0.25) is 0 Å². The molecule has 0 aliphatic rings. The highest BCUT2D eigenvalue weighted by Crippen LogP contribution is 2.14. The summed E-state index contributed by atoms with van der Waals surface area (Å²) >= 11 is 1.64. The molecule has 0 atom stereocenters. The first-order chi connectivity index (χ1) is 9.31. The zero-order chi connectivity index (χ0) is 13.5. The molecule has 0 saturated heterocycles. The average Bonchev–Trinajstić information content (AvgIpc) is 2.96. The molecule has 0 unspecified atom stereocenters. The summed E-state index contributed by atoms with van der Waals surface area (Å²) in [5.74, 6) is 2.58. The smallest absolute Gasteiger partial charge is 0.132 e. The van der Waals surface area contributed by atoms with Crippen LogP contribution >= 0.6 is 11.3 Å². The average molecular weight is 277 g/mol. The minimum Gasteiger partial charge on any atom is -0.370 e. The Hall–Kier alpha value is -1.69. The molecule has 0 saturated carbocycles. The molecule has 0 aromatic carbocycles. The number of thiazole rings is 1. The molecule has 0 amide bonds. The maximum absolute atomic E-state index is 4.47. The molecule has 2 aromatic heterocycles. The van der Waals surface area contributed by atoms with Crippen LogP contribution in [0.2, 0.25) is 0 Å². The van der Waals surface area contributed by atoms with Crippen molar-refractivity contribution in [2.24, 2.45) is 0 Å². The summed E-state index contributed by atoms with van der Waals surface area (Å²) in [7, 11) is 0. The van der Waals surface area contributed by atoms with E-state index in [0.29, 0.717) is 6.54 Å². The lowest BCUT2D eigenvalue weighted by Gasteiger charge is -2.09. The number of anilines is 2. The first-order valence-corrected chi connectivity index (χ1v) is 7.43. The van der Waals surface area contributed by atoms with Crippen LogP contribution in [0.3, 0.4) is 0 Å². The first kappa shape index (κ1) is 13.7. The fourth-order valence-electron chi connectivity index (χ4n) is 1.60. The molecule has 6 heteroatoms. The maximum atomic E-state index is 4.47. The van der Waals surface area contributed by atoms with E-state index in [0.717, 1.165) is 41.9 Å². The largest absolute Gasteiger partial charge is 0.370 e. The van der Waals surface area contributed by atoms with Crippen molar-refractivity contribution in [1.82, 2.24) is 15.0 Å². The fourth-order valence-corrected chi connectivity index (χ4v) is 2.15. The Morgan fingerprint density at radius 1 is 1.16 bits per heavy atom. The highest BCUT2D eigenvalue weighted by molar-refractivity contribution is 7.09. The molecule has 2 N–H and O–H groups in total. The Morgan fingerprint density at radius 3 is 2.58 bits per heavy atom. The van der Waals surface area contributed by atoms with E-state index in [9.17, 15) is 0 Å². The van der Waals surface area contributed by atoms with Crippen LogP contribution in [0, 0.1) is 0 Å². The van der Waals surface area contributed by atoms with Gasteiger partial charge in [-0.2, -0.15) is 0 Å². The van der Waals surface area contributed by atoms with E-state index in [1.54, 1.807) is 11.3 Å². The van der Waals surface area contributed by atoms with Crippen LogP contribution in [0.1, 0.15) is 31.1 Å². The molecule has 19 heavy (non-hydrogen) atoms. The summed E-state index contributed by atoms with van der Waals surface area (Å²) in [5.41, 5.74) is 0. The fraction of sp³-hybridized carbons (Fsp3) is 0.462. The van der Waals surface area contributed by atoms with Gasteiger partial charge < -0.3 is 10.6 Å². The van der Waals surface area contributed by atoms with E-state index in [1.165, 1.54) is 0 Å². The van der Waals surface area contributed by atoms with Crippen molar-refractivity contribution < 1.29 is 0 Å². The molecule has 5 nitrogen and oxygen atoms in total. The highest BCUT2D eigenvalue weighted by atomic mass is 32.1. The summed E-state index contributed by atoms with van der Waals surface area (Å²) in [6, 6.07) is 1.95. The van der Waals surface area contributed by atoms with Crippen LogP contribution in [0.25, 0.3) is 0 Å². The van der Waals surface area contributed by atoms with Gasteiger partial charge in [-0.05, 0) is 6.42 Å². The minimum atomic E-state index is 0.699. The zero-order valence-electron chi connectivity index (χ0n) is 11.3. The van der Waals surface area contributed by atoms with E-state index in [2.05, 4.69) is 39.4 Å². The molecule has 2 rings (SSSR count). The van der Waals surface area contributed by atoms with Crippen molar-refractivity contribution >= 4 is 23.0 Å². The number of nitrogens with zero attached hydrogens (tertiary/aromatic N) is 3. The molecular weight excluding hydrogens is 258 g/mol. The molecule has 0 radical (unpaired) electrons. The van der Waals surface area contributed by atoms with E-state index >= 15 is 0 Å². The monoisotopic (exact) mass is 277 g/mol. The molecule has 102 valence electrons. The summed E-state index contributed by atoms with van der Waals surface area (Å²) in [4.78, 5) is 13.2. The second-order valence-electron chi connectivity index (χ2n) is 4.11. The van der Waals surface area contributed by atoms with Gasteiger partial charge in [0.15, 0.2) is 0 Å². The standard InChI is InChI=1S/C13H19N5S/c1-3-5-14-11-8-12(18-10(4-2)17-11)16-9-13-15-6-7-19-13/h6-8H,3-5,9H2,1-2H3,(H2,14,16,17,18). The van der Waals surface area contributed by atoms with Gasteiger partial charge in [-0.1, -0.05) is 13.8 Å². The second kappa shape index (κ2) is 7.04. The number of hydrogen-bond acceptors (Lipinski definition) is 6. The van der Waals surface area contributed by atoms with Crippen LogP contribution in [-0.2, 0) is 13.0 Å². The number of hydrogen-bond donors (Lipinski definition) is 2. The molecular formula is C13H19N5S. The Bertz CT molecular complexity index is 498. The Labute approximate surface area is 117 Å². The van der Waals surface area contributed by atoms with Crippen molar-refractivity contribution in [3.05, 3.63) is 28.5 Å². The lowest BCUT2D eigenvalue weighted by Crippen LogP contribution is -2.08. The highest BCUT2D eigenvalue weighted by Gasteiger charge is 2.04. The van der Waals surface area contributed by atoms with Crippen LogP contribution in [0.5, 0.6) is 0 Å². The van der Waals surface area contributed by atoms with Gasteiger partial charge in [0.25, 0.3) is 0 Å². The van der Waals surface area contributed by atoms with Crippen molar-refractivity contribution in [1.29, 1.82) is 0 Å². The topological polar surface area (TPSA) is 62.7 Å². The molecule has 0 aliphatic carbocycles. The lowest BCUT2D eigenvalue weighted by molar-refractivity contribution is 0.912. The van der Waals surface area contributed by atoms with Gasteiger partial charge in [-0.15, -0.1) is 11.3 Å². The van der Waals surface area contributed by atoms with Gasteiger partial charge in [0.1, 0.15) is 22.5 Å². The molecule has 0 fully saturated rings. The normalized spacial score (nSPS) is 10.4. The molecule has 2 aromatic rings. The van der Waals surface area contributed by atoms with Crippen LogP contribution in [-0.4, -0.2) is 21.5 Å². The van der Waals surface area contributed by atoms with E-state index < -0.39 is 0 Å². The summed E-state index contributed by atoms with van der Waals surface area (Å²) in [6.45, 7) is 5.82. The van der Waals surface area contributed by atoms with Crippen molar-refractivity contribution in [3.63, 3.8) is 0 Å². The van der Waals surface area contributed by atoms with Gasteiger partial charge in [0.05, 0.1) is 6.54 Å². The first-order valence-electron chi connectivity index (χ1n) is 6.56. The minimum absolute atomic E-state index is 0.699. The zero-order valence-corrected chi connectivity index (χ0v) is 12.1. The van der Waals surface area contributed by atoms with Crippen LogP contribution in [0.15, 0.2) is 17.6 Å². The van der Waals surface area contributed by atoms with Crippen molar-refractivity contribution in [2.45, 2.75) is 33.2 Å². The number of rotatable bonds is 7. The summed E-state index contributed by atoms with van der Waals surface area (Å²) in [5, 5.41) is 9.62. The summed E-state index contributed by atoms with van der Waals surface area (Å²) < 4.78 is 0. The third-order valence-corrected chi connectivity index (χ3v) is 3.33. The SMILES string of the molecule is CCCNc1cc(NCc2nccs2)nc(CC)n1. The van der Waals surface area contributed by atoms with Gasteiger partial charge in [-0.25, -0.2) is 15.0 Å². The van der Waals surface area contributed by atoms with Crippen molar-refractivity contribution in [2.75, 3.05) is 17.2 Å². The Kier molecular flexibility index (Phi) is 5.09. The molecule has 0 aliphatic heterocycles. The summed E-state index contributed by atoms with van der Waals surface area (Å²) in [6.07, 6.45) is 3.72. The predicted octanol–water partition coefficient (Wildman–Crippen LogP) is 2.93. The number of nitrogens with one attached hydrogen (secondary N) is 2. The van der Waals surface area contributed by atoms with Crippen molar-refractivity contribution in [3.8, 4) is 0 Å². The van der Waals surface area contributed by atoms with E-state index in [4.69, 9.17) is 0 Å². The quantitative estimate of drug-likeness (QED) is 0.814.